The number of rotatable bonds is 4. The van der Waals surface area contributed by atoms with Crippen molar-refractivity contribution in [2.75, 3.05) is 5.75 Å². The summed E-state index contributed by atoms with van der Waals surface area (Å²) in [6.07, 6.45) is 3.27. The number of carbonyl (C=O) groups excluding carboxylic acids is 1. The molecule has 0 aliphatic carbocycles. The Hall–Kier alpha value is -1.14. The lowest BCUT2D eigenvalue weighted by Gasteiger charge is -1.91. The second-order valence-electron chi connectivity index (χ2n) is 1.86. The topological polar surface area (TPSA) is 83.5 Å². The monoisotopic (exact) mass is 191 g/mol. The quantitative estimate of drug-likeness (QED) is 0.471. The highest BCUT2D eigenvalue weighted by molar-refractivity contribution is 7.85. The van der Waals surface area contributed by atoms with E-state index in [0.29, 0.717) is 0 Å². The van der Waals surface area contributed by atoms with Gasteiger partial charge in [0, 0.05) is 6.20 Å². The van der Waals surface area contributed by atoms with Gasteiger partial charge in [-0.2, -0.15) is 8.42 Å². The fourth-order valence-corrected chi connectivity index (χ4v) is 0.709. The predicted molar refractivity (Wildman–Crippen MR) is 43.9 cm³/mol. The number of amides is 1. The molecule has 0 saturated heterocycles. The van der Waals surface area contributed by atoms with Crippen molar-refractivity contribution in [1.29, 1.82) is 0 Å². The summed E-state index contributed by atoms with van der Waals surface area (Å²) in [6.45, 7) is 3.17. The molecule has 0 saturated carbocycles. The van der Waals surface area contributed by atoms with E-state index in [1.165, 1.54) is 0 Å². The first-order chi connectivity index (χ1) is 5.45. The molecule has 0 atom stereocenters. The van der Waals surface area contributed by atoms with Crippen LogP contribution in [0.15, 0.2) is 24.9 Å². The molecule has 5 nitrogen and oxygen atoms in total. The summed E-state index contributed by atoms with van der Waals surface area (Å²) in [5, 5.41) is 2.19. The largest absolute Gasteiger partial charge is 0.329 e. The minimum atomic E-state index is -3.99. The molecule has 0 aromatic carbocycles. The van der Waals surface area contributed by atoms with Crippen LogP contribution < -0.4 is 5.32 Å². The van der Waals surface area contributed by atoms with Crippen LogP contribution in [0.3, 0.4) is 0 Å². The van der Waals surface area contributed by atoms with Crippen LogP contribution in [0.2, 0.25) is 0 Å². The summed E-state index contributed by atoms with van der Waals surface area (Å²) in [5.41, 5.74) is 0. The lowest BCUT2D eigenvalue weighted by Crippen LogP contribution is -2.13. The van der Waals surface area contributed by atoms with E-state index in [4.69, 9.17) is 4.55 Å². The molecule has 1 amide bonds. The fourth-order valence-electron chi connectivity index (χ4n) is 0.370. The van der Waals surface area contributed by atoms with Crippen LogP contribution in [0.1, 0.15) is 0 Å². The molecule has 6 heteroatoms. The predicted octanol–water partition coefficient (Wildman–Crippen LogP) is -0.310. The van der Waals surface area contributed by atoms with Gasteiger partial charge >= 0.3 is 0 Å². The van der Waals surface area contributed by atoms with E-state index >= 15 is 0 Å². The molecule has 0 radical (unpaired) electrons. The highest BCUT2D eigenvalue weighted by Crippen LogP contribution is 1.81. The maximum atomic E-state index is 10.4. The van der Waals surface area contributed by atoms with Gasteiger partial charge in [-0.25, -0.2) is 0 Å². The van der Waals surface area contributed by atoms with Crippen molar-refractivity contribution in [2.45, 2.75) is 0 Å². The zero-order valence-electron chi connectivity index (χ0n) is 6.23. The number of hydrogen-bond acceptors (Lipinski definition) is 3. The van der Waals surface area contributed by atoms with E-state index in [1.807, 2.05) is 0 Å². The van der Waals surface area contributed by atoms with Crippen LogP contribution in [0.4, 0.5) is 0 Å². The standard InChI is InChI=1S/C6H9NO4S/c1-2-6(8)7-4-3-5-12(9,10)11/h2-4H,1,5H2,(H,7,8)(H,9,10,11). The first kappa shape index (κ1) is 10.9. The van der Waals surface area contributed by atoms with Crippen molar-refractivity contribution in [3.05, 3.63) is 24.9 Å². The minimum Gasteiger partial charge on any atom is -0.329 e. The van der Waals surface area contributed by atoms with Crippen LogP contribution in [-0.4, -0.2) is 24.6 Å². The first-order valence-electron chi connectivity index (χ1n) is 2.99. The normalized spacial score (nSPS) is 11.4. The molecule has 0 rings (SSSR count). The number of hydrogen-bond donors (Lipinski definition) is 2. The van der Waals surface area contributed by atoms with Gasteiger partial charge in [-0.1, -0.05) is 12.7 Å². The van der Waals surface area contributed by atoms with Gasteiger partial charge in [0.25, 0.3) is 10.1 Å². The average molecular weight is 191 g/mol. The molecule has 12 heavy (non-hydrogen) atoms. The van der Waals surface area contributed by atoms with E-state index in [1.54, 1.807) is 0 Å². The molecule has 0 aromatic rings. The third-order valence-electron chi connectivity index (χ3n) is 0.836. The Morgan fingerprint density at radius 1 is 1.58 bits per heavy atom. The summed E-state index contributed by atoms with van der Waals surface area (Å²) in [4.78, 5) is 10.4. The second kappa shape index (κ2) is 4.68. The van der Waals surface area contributed by atoms with Crippen LogP contribution >= 0.6 is 0 Å². The number of carbonyl (C=O) groups is 1. The third kappa shape index (κ3) is 6.97. The number of nitrogens with one attached hydrogen (secondary N) is 1. The lowest BCUT2D eigenvalue weighted by molar-refractivity contribution is -0.115. The van der Waals surface area contributed by atoms with E-state index < -0.39 is 21.8 Å². The van der Waals surface area contributed by atoms with Crippen molar-refractivity contribution >= 4 is 16.0 Å². The Labute approximate surface area is 70.5 Å². The van der Waals surface area contributed by atoms with Gasteiger partial charge in [-0.3, -0.25) is 9.35 Å². The zero-order chi connectivity index (χ0) is 9.61. The van der Waals surface area contributed by atoms with Gasteiger partial charge in [-0.05, 0) is 6.08 Å². The van der Waals surface area contributed by atoms with Gasteiger partial charge < -0.3 is 5.32 Å². The SMILES string of the molecule is C=CC(=O)NC=CCS(=O)(=O)O. The molecule has 0 fully saturated rings. The van der Waals surface area contributed by atoms with E-state index in [2.05, 4.69) is 11.9 Å². The van der Waals surface area contributed by atoms with Crippen LogP contribution in [0.5, 0.6) is 0 Å². The molecule has 0 heterocycles. The Morgan fingerprint density at radius 3 is 2.58 bits per heavy atom. The smallest absolute Gasteiger partial charge is 0.268 e. The fraction of sp³-hybridized carbons (Fsp3) is 0.167. The van der Waals surface area contributed by atoms with E-state index in [0.717, 1.165) is 18.4 Å². The Balaban J connectivity index is 3.80. The molecule has 0 spiro atoms. The zero-order valence-corrected chi connectivity index (χ0v) is 7.04. The van der Waals surface area contributed by atoms with Crippen molar-refractivity contribution in [3.63, 3.8) is 0 Å². The van der Waals surface area contributed by atoms with E-state index in [9.17, 15) is 13.2 Å². The summed E-state index contributed by atoms with van der Waals surface area (Å²) < 4.78 is 28.5. The highest BCUT2D eigenvalue weighted by atomic mass is 32.2. The van der Waals surface area contributed by atoms with Crippen LogP contribution in [-0.2, 0) is 14.9 Å². The van der Waals surface area contributed by atoms with Crippen molar-refractivity contribution in [2.24, 2.45) is 0 Å². The maximum absolute atomic E-state index is 10.4. The van der Waals surface area contributed by atoms with Crippen molar-refractivity contribution in [3.8, 4) is 0 Å². The molecular formula is C6H9NO4S. The molecular weight excluding hydrogens is 182 g/mol. The molecule has 2 N–H and O–H groups in total. The Kier molecular flexibility index (Phi) is 4.24. The maximum Gasteiger partial charge on any atom is 0.268 e. The van der Waals surface area contributed by atoms with Gasteiger partial charge in [-0.15, -0.1) is 0 Å². The summed E-state index contributed by atoms with van der Waals surface area (Å²) in [6, 6.07) is 0. The summed E-state index contributed by atoms with van der Waals surface area (Å²) in [5.74, 6) is -0.966. The molecule has 68 valence electrons. The van der Waals surface area contributed by atoms with Gasteiger partial charge in [0.05, 0.1) is 5.75 Å². The highest BCUT2D eigenvalue weighted by Gasteiger charge is 1.98. The third-order valence-corrected chi connectivity index (χ3v) is 1.45. The van der Waals surface area contributed by atoms with E-state index in [-0.39, 0.29) is 0 Å². The van der Waals surface area contributed by atoms with Crippen LogP contribution in [0, 0.1) is 0 Å². The van der Waals surface area contributed by atoms with Crippen molar-refractivity contribution in [1.82, 2.24) is 5.32 Å². The van der Waals surface area contributed by atoms with Crippen molar-refractivity contribution < 1.29 is 17.8 Å². The minimum absolute atomic E-state index is 0.443. The molecule has 0 bridgehead atoms. The van der Waals surface area contributed by atoms with Gasteiger partial charge in [0.1, 0.15) is 0 Å². The summed E-state index contributed by atoms with van der Waals surface area (Å²) >= 11 is 0. The average Bonchev–Trinajstić information content (AvgIpc) is 1.96. The molecule has 0 aromatic heterocycles. The van der Waals surface area contributed by atoms with Crippen LogP contribution in [0.25, 0.3) is 0 Å². The first-order valence-corrected chi connectivity index (χ1v) is 4.60. The molecule has 0 aliphatic rings. The summed E-state index contributed by atoms with van der Waals surface area (Å²) in [7, 11) is -3.99. The molecule has 0 unspecified atom stereocenters. The lowest BCUT2D eigenvalue weighted by atomic mass is 10.6. The molecule has 0 aliphatic heterocycles. The second-order valence-corrected chi connectivity index (χ2v) is 3.36. The van der Waals surface area contributed by atoms with Gasteiger partial charge in [0.2, 0.25) is 5.91 Å². The van der Waals surface area contributed by atoms with Gasteiger partial charge in [0.15, 0.2) is 0 Å². The Bertz CT molecular complexity index is 291. The Morgan fingerprint density at radius 2 is 2.17 bits per heavy atom.